The molecule has 1 fully saturated rings. The van der Waals surface area contributed by atoms with Crippen molar-refractivity contribution in [3.8, 4) is 0 Å². The third-order valence-electron chi connectivity index (χ3n) is 3.93. The lowest BCUT2D eigenvalue weighted by Crippen LogP contribution is -2.32. The SMILES string of the molecule is O=C(NCC1(c2ccccc2)CC1)c1ccc(Cl)cc1. The predicted octanol–water partition coefficient (Wildman–Crippen LogP) is 3.80. The van der Waals surface area contributed by atoms with Crippen molar-refractivity contribution in [1.82, 2.24) is 5.32 Å². The second-order valence-electron chi connectivity index (χ2n) is 5.34. The first kappa shape index (κ1) is 13.2. The van der Waals surface area contributed by atoms with Gasteiger partial charge in [-0.1, -0.05) is 41.9 Å². The largest absolute Gasteiger partial charge is 0.351 e. The van der Waals surface area contributed by atoms with Gasteiger partial charge >= 0.3 is 0 Å². The molecule has 1 N–H and O–H groups in total. The zero-order valence-corrected chi connectivity index (χ0v) is 11.9. The van der Waals surface area contributed by atoms with Gasteiger partial charge in [0, 0.05) is 22.5 Å². The van der Waals surface area contributed by atoms with Crippen LogP contribution in [0, 0.1) is 0 Å². The average molecular weight is 286 g/mol. The van der Waals surface area contributed by atoms with E-state index in [4.69, 9.17) is 11.6 Å². The molecule has 20 heavy (non-hydrogen) atoms. The molecular formula is C17H16ClNO. The van der Waals surface area contributed by atoms with E-state index in [1.54, 1.807) is 24.3 Å². The summed E-state index contributed by atoms with van der Waals surface area (Å²) in [6.45, 7) is 0.693. The molecule has 102 valence electrons. The van der Waals surface area contributed by atoms with E-state index in [-0.39, 0.29) is 11.3 Å². The molecule has 1 saturated carbocycles. The van der Waals surface area contributed by atoms with Crippen LogP contribution in [0.5, 0.6) is 0 Å². The molecule has 0 aromatic heterocycles. The van der Waals surface area contributed by atoms with Crippen LogP contribution in [0.4, 0.5) is 0 Å². The summed E-state index contributed by atoms with van der Waals surface area (Å²) in [5.41, 5.74) is 2.11. The Morgan fingerprint density at radius 2 is 1.70 bits per heavy atom. The number of hydrogen-bond acceptors (Lipinski definition) is 1. The number of amides is 1. The van der Waals surface area contributed by atoms with Crippen LogP contribution in [0.2, 0.25) is 5.02 Å². The summed E-state index contributed by atoms with van der Waals surface area (Å²) in [7, 11) is 0. The van der Waals surface area contributed by atoms with E-state index in [0.29, 0.717) is 17.1 Å². The van der Waals surface area contributed by atoms with E-state index >= 15 is 0 Å². The van der Waals surface area contributed by atoms with Gasteiger partial charge in [-0.15, -0.1) is 0 Å². The van der Waals surface area contributed by atoms with Gasteiger partial charge in [-0.3, -0.25) is 4.79 Å². The van der Waals surface area contributed by atoms with Crippen molar-refractivity contribution in [2.45, 2.75) is 18.3 Å². The maximum absolute atomic E-state index is 12.1. The Bertz CT molecular complexity index is 603. The topological polar surface area (TPSA) is 29.1 Å². The smallest absolute Gasteiger partial charge is 0.251 e. The van der Waals surface area contributed by atoms with Crippen molar-refractivity contribution < 1.29 is 4.79 Å². The second kappa shape index (κ2) is 5.29. The van der Waals surface area contributed by atoms with Crippen LogP contribution in [-0.2, 0) is 5.41 Å². The van der Waals surface area contributed by atoms with E-state index in [9.17, 15) is 4.79 Å². The lowest BCUT2D eigenvalue weighted by atomic mass is 9.96. The lowest BCUT2D eigenvalue weighted by molar-refractivity contribution is 0.0949. The van der Waals surface area contributed by atoms with Crippen LogP contribution in [0.15, 0.2) is 54.6 Å². The second-order valence-corrected chi connectivity index (χ2v) is 5.77. The average Bonchev–Trinajstić information content (AvgIpc) is 3.28. The highest BCUT2D eigenvalue weighted by Gasteiger charge is 2.44. The molecule has 1 amide bonds. The van der Waals surface area contributed by atoms with E-state index in [0.717, 1.165) is 12.8 Å². The molecule has 2 aromatic rings. The molecule has 0 atom stereocenters. The summed E-state index contributed by atoms with van der Waals surface area (Å²) < 4.78 is 0. The van der Waals surface area contributed by atoms with Crippen LogP contribution in [-0.4, -0.2) is 12.5 Å². The molecule has 0 heterocycles. The number of carbonyl (C=O) groups is 1. The first-order chi connectivity index (χ1) is 9.70. The molecule has 0 unspecified atom stereocenters. The van der Waals surface area contributed by atoms with Gasteiger partial charge in [0.15, 0.2) is 0 Å². The number of carbonyl (C=O) groups excluding carboxylic acids is 1. The first-order valence-electron chi connectivity index (χ1n) is 6.79. The molecule has 0 radical (unpaired) electrons. The molecule has 0 aliphatic heterocycles. The maximum Gasteiger partial charge on any atom is 0.251 e. The van der Waals surface area contributed by atoms with Crippen LogP contribution >= 0.6 is 11.6 Å². The highest BCUT2D eigenvalue weighted by atomic mass is 35.5. The van der Waals surface area contributed by atoms with Gasteiger partial charge in [0.2, 0.25) is 0 Å². The highest BCUT2D eigenvalue weighted by Crippen LogP contribution is 2.47. The molecule has 3 heteroatoms. The van der Waals surface area contributed by atoms with Gasteiger partial charge < -0.3 is 5.32 Å². The Morgan fingerprint density at radius 1 is 1.05 bits per heavy atom. The van der Waals surface area contributed by atoms with Crippen LogP contribution in [0.3, 0.4) is 0 Å². The first-order valence-corrected chi connectivity index (χ1v) is 7.17. The number of hydrogen-bond donors (Lipinski definition) is 1. The zero-order valence-electron chi connectivity index (χ0n) is 11.1. The Hall–Kier alpha value is -1.80. The number of halogens is 1. The van der Waals surface area contributed by atoms with Crippen molar-refractivity contribution in [3.05, 3.63) is 70.7 Å². The molecular weight excluding hydrogens is 270 g/mol. The zero-order chi connectivity index (χ0) is 14.0. The Morgan fingerprint density at radius 3 is 2.30 bits per heavy atom. The predicted molar refractivity (Wildman–Crippen MR) is 81.1 cm³/mol. The van der Waals surface area contributed by atoms with E-state index < -0.39 is 0 Å². The fraction of sp³-hybridized carbons (Fsp3) is 0.235. The van der Waals surface area contributed by atoms with Crippen LogP contribution in [0.25, 0.3) is 0 Å². The summed E-state index contributed by atoms with van der Waals surface area (Å²) in [6.07, 6.45) is 2.27. The summed E-state index contributed by atoms with van der Waals surface area (Å²) in [4.78, 5) is 12.1. The van der Waals surface area contributed by atoms with E-state index in [2.05, 4.69) is 29.6 Å². The Labute approximate surface area is 123 Å². The minimum absolute atomic E-state index is 0.0381. The molecule has 1 aliphatic carbocycles. The van der Waals surface area contributed by atoms with Crippen molar-refractivity contribution >= 4 is 17.5 Å². The molecule has 0 saturated heterocycles. The van der Waals surface area contributed by atoms with Crippen molar-refractivity contribution in [2.75, 3.05) is 6.54 Å². The monoisotopic (exact) mass is 285 g/mol. The van der Waals surface area contributed by atoms with Gasteiger partial charge in [-0.25, -0.2) is 0 Å². The summed E-state index contributed by atoms with van der Waals surface area (Å²) >= 11 is 5.82. The molecule has 2 nitrogen and oxygen atoms in total. The fourth-order valence-corrected chi connectivity index (χ4v) is 2.59. The third kappa shape index (κ3) is 2.70. The summed E-state index contributed by atoms with van der Waals surface area (Å²) in [5.74, 6) is -0.0381. The molecule has 1 aliphatic rings. The van der Waals surface area contributed by atoms with Gasteiger partial charge in [0.1, 0.15) is 0 Å². The number of nitrogens with one attached hydrogen (secondary N) is 1. The standard InChI is InChI=1S/C17H16ClNO/c18-15-8-6-13(7-9-15)16(20)19-12-17(10-11-17)14-4-2-1-3-5-14/h1-9H,10-12H2,(H,19,20). The quantitative estimate of drug-likeness (QED) is 0.909. The Balaban J connectivity index is 1.65. The summed E-state index contributed by atoms with van der Waals surface area (Å²) in [6, 6.07) is 17.4. The minimum Gasteiger partial charge on any atom is -0.351 e. The van der Waals surface area contributed by atoms with E-state index in [1.807, 2.05) is 6.07 Å². The molecule has 0 spiro atoms. The highest BCUT2D eigenvalue weighted by molar-refractivity contribution is 6.30. The van der Waals surface area contributed by atoms with Crippen molar-refractivity contribution in [3.63, 3.8) is 0 Å². The van der Waals surface area contributed by atoms with Crippen molar-refractivity contribution in [1.29, 1.82) is 0 Å². The normalized spacial score (nSPS) is 15.7. The Kier molecular flexibility index (Phi) is 3.49. The third-order valence-corrected chi connectivity index (χ3v) is 4.19. The van der Waals surface area contributed by atoms with Crippen LogP contribution < -0.4 is 5.32 Å². The maximum atomic E-state index is 12.1. The summed E-state index contributed by atoms with van der Waals surface area (Å²) in [5, 5.41) is 3.68. The fourth-order valence-electron chi connectivity index (χ4n) is 2.46. The van der Waals surface area contributed by atoms with Crippen LogP contribution in [0.1, 0.15) is 28.8 Å². The van der Waals surface area contributed by atoms with Gasteiger partial charge in [-0.05, 0) is 42.7 Å². The lowest BCUT2D eigenvalue weighted by Gasteiger charge is -2.16. The van der Waals surface area contributed by atoms with Gasteiger partial charge in [0.25, 0.3) is 5.91 Å². The van der Waals surface area contributed by atoms with E-state index in [1.165, 1.54) is 5.56 Å². The van der Waals surface area contributed by atoms with Crippen molar-refractivity contribution in [2.24, 2.45) is 0 Å². The van der Waals surface area contributed by atoms with Gasteiger partial charge in [0.05, 0.1) is 0 Å². The minimum atomic E-state index is -0.0381. The molecule has 0 bridgehead atoms. The molecule has 2 aromatic carbocycles. The number of benzene rings is 2. The number of rotatable bonds is 4. The molecule has 3 rings (SSSR count). The van der Waals surface area contributed by atoms with Gasteiger partial charge in [-0.2, -0.15) is 0 Å².